The molecule has 0 aliphatic carbocycles. The van der Waals surface area contributed by atoms with Crippen LogP contribution in [0.3, 0.4) is 0 Å². The van der Waals surface area contributed by atoms with Crippen LogP contribution in [0.1, 0.15) is 42.6 Å². The Morgan fingerprint density at radius 1 is 1.07 bits per heavy atom. The molecular weight excluding hydrogens is 420 g/mol. The maximum Gasteiger partial charge on any atom is 0.262 e. The largest absolute Gasteiger partial charge is 0.484 e. The summed E-state index contributed by atoms with van der Waals surface area (Å²) in [4.78, 5) is 26.8. The Morgan fingerprint density at radius 3 is 2.43 bits per heavy atom. The molecule has 0 bridgehead atoms. The first-order valence-corrected chi connectivity index (χ1v) is 10.3. The Hall–Kier alpha value is -2.34. The van der Waals surface area contributed by atoms with Crippen molar-refractivity contribution in [1.29, 1.82) is 0 Å². The van der Waals surface area contributed by atoms with E-state index in [2.05, 4.69) is 35.1 Å². The maximum atomic E-state index is 12.7. The van der Waals surface area contributed by atoms with Gasteiger partial charge in [0.05, 0.1) is 0 Å². The zero-order valence-corrected chi connectivity index (χ0v) is 18.2. The summed E-state index contributed by atoms with van der Waals surface area (Å²) in [5.74, 6) is 0.347. The molecule has 0 saturated heterocycles. The van der Waals surface area contributed by atoms with Crippen LogP contribution in [0, 0.1) is 6.92 Å². The monoisotopic (exact) mass is 446 g/mol. The van der Waals surface area contributed by atoms with E-state index in [1.165, 1.54) is 0 Å². The summed E-state index contributed by atoms with van der Waals surface area (Å²) in [7, 11) is 0. The van der Waals surface area contributed by atoms with Gasteiger partial charge in [-0.25, -0.2) is 0 Å². The Balaban J connectivity index is 1.98. The molecule has 150 valence electrons. The van der Waals surface area contributed by atoms with E-state index in [1.54, 1.807) is 30.3 Å². The third-order valence-corrected chi connectivity index (χ3v) is 5.06. The van der Waals surface area contributed by atoms with Crippen molar-refractivity contribution in [2.24, 2.45) is 0 Å². The van der Waals surface area contributed by atoms with E-state index in [0.29, 0.717) is 17.0 Å². The summed E-state index contributed by atoms with van der Waals surface area (Å²) in [5.41, 5.74) is 2.19. The van der Waals surface area contributed by atoms with Gasteiger partial charge in [0.1, 0.15) is 5.75 Å². The normalized spacial score (nSPS) is 10.4. The van der Waals surface area contributed by atoms with Gasteiger partial charge in [-0.3, -0.25) is 9.59 Å². The highest BCUT2D eigenvalue weighted by atomic mass is 79.9. The van der Waals surface area contributed by atoms with Gasteiger partial charge in [0.25, 0.3) is 11.8 Å². The van der Waals surface area contributed by atoms with Crippen molar-refractivity contribution in [1.82, 2.24) is 4.90 Å². The smallest absolute Gasteiger partial charge is 0.262 e. The average Bonchev–Trinajstić information content (AvgIpc) is 2.68. The molecule has 0 radical (unpaired) electrons. The second-order valence-corrected chi connectivity index (χ2v) is 7.48. The minimum Gasteiger partial charge on any atom is -0.484 e. The molecule has 0 aliphatic heterocycles. The molecule has 6 heteroatoms. The van der Waals surface area contributed by atoms with E-state index in [9.17, 15) is 9.59 Å². The lowest BCUT2D eigenvalue weighted by Gasteiger charge is -2.21. The molecule has 0 atom stereocenters. The number of halogens is 1. The molecule has 0 saturated carbocycles. The Morgan fingerprint density at radius 2 is 1.79 bits per heavy atom. The Kier molecular flexibility index (Phi) is 8.51. The molecule has 0 fully saturated rings. The van der Waals surface area contributed by atoms with E-state index in [-0.39, 0.29) is 18.4 Å². The number of rotatable bonds is 9. The second kappa shape index (κ2) is 10.9. The lowest BCUT2D eigenvalue weighted by molar-refractivity contribution is -0.118. The van der Waals surface area contributed by atoms with Crippen LogP contribution in [0.4, 0.5) is 5.69 Å². The topological polar surface area (TPSA) is 58.6 Å². The van der Waals surface area contributed by atoms with Crippen LogP contribution in [0.2, 0.25) is 0 Å². The molecule has 0 unspecified atom stereocenters. The van der Waals surface area contributed by atoms with Gasteiger partial charge in [-0.2, -0.15) is 0 Å². The average molecular weight is 447 g/mol. The van der Waals surface area contributed by atoms with Gasteiger partial charge < -0.3 is 15.0 Å². The summed E-state index contributed by atoms with van der Waals surface area (Å²) in [5, 5.41) is 2.79. The number of nitrogens with one attached hydrogen (secondary N) is 1. The molecule has 1 N–H and O–H groups in total. The summed E-state index contributed by atoms with van der Waals surface area (Å²) in [6, 6.07) is 12.6. The Bertz CT molecular complexity index is 817. The van der Waals surface area contributed by atoms with Crippen molar-refractivity contribution in [2.45, 2.75) is 33.6 Å². The van der Waals surface area contributed by atoms with Crippen LogP contribution < -0.4 is 10.1 Å². The molecule has 5 nitrogen and oxygen atoms in total. The third kappa shape index (κ3) is 6.37. The molecule has 0 spiro atoms. The van der Waals surface area contributed by atoms with E-state index < -0.39 is 0 Å². The van der Waals surface area contributed by atoms with Crippen LogP contribution in [0.15, 0.2) is 46.9 Å². The van der Waals surface area contributed by atoms with Crippen LogP contribution >= 0.6 is 15.9 Å². The molecule has 0 aliphatic rings. The first-order valence-electron chi connectivity index (χ1n) is 9.52. The maximum absolute atomic E-state index is 12.7. The summed E-state index contributed by atoms with van der Waals surface area (Å²) >= 11 is 3.44. The van der Waals surface area contributed by atoms with Crippen LogP contribution in [-0.2, 0) is 4.79 Å². The molecular formula is C22H27BrN2O3. The van der Waals surface area contributed by atoms with Gasteiger partial charge in [0.15, 0.2) is 6.61 Å². The molecule has 0 heterocycles. The van der Waals surface area contributed by atoms with Crippen molar-refractivity contribution in [3.63, 3.8) is 0 Å². The van der Waals surface area contributed by atoms with Crippen molar-refractivity contribution >= 4 is 33.4 Å². The molecule has 2 aromatic rings. The minimum atomic E-state index is -0.274. The van der Waals surface area contributed by atoms with Crippen LogP contribution in [-0.4, -0.2) is 36.4 Å². The number of nitrogens with zero attached hydrogens (tertiary/aromatic N) is 1. The quantitative estimate of drug-likeness (QED) is 0.586. The minimum absolute atomic E-state index is 0.0126. The number of ether oxygens (including phenoxy) is 1. The third-order valence-electron chi connectivity index (χ3n) is 4.17. The standard InChI is InChI=1S/C22H27BrN2O3/c1-4-11-25(12-5-2)22(27)17-7-6-8-18(14-17)24-21(26)15-28-19-9-10-20(23)16(3)13-19/h6-10,13-14H,4-5,11-12,15H2,1-3H3,(H,24,26). The van der Waals surface area contributed by atoms with Crippen LogP contribution in [0.25, 0.3) is 0 Å². The van der Waals surface area contributed by atoms with Crippen molar-refractivity contribution in [2.75, 3.05) is 25.0 Å². The van der Waals surface area contributed by atoms with E-state index in [4.69, 9.17) is 4.74 Å². The lowest BCUT2D eigenvalue weighted by atomic mass is 10.1. The molecule has 0 aromatic heterocycles. The predicted octanol–water partition coefficient (Wildman–Crippen LogP) is 5.04. The van der Waals surface area contributed by atoms with Gasteiger partial charge in [0, 0.05) is 28.8 Å². The number of carbonyl (C=O) groups is 2. The van der Waals surface area contributed by atoms with Gasteiger partial charge in [-0.05, 0) is 61.7 Å². The van der Waals surface area contributed by atoms with E-state index >= 15 is 0 Å². The highest BCUT2D eigenvalue weighted by Crippen LogP contribution is 2.21. The zero-order chi connectivity index (χ0) is 20.5. The molecule has 28 heavy (non-hydrogen) atoms. The predicted molar refractivity (Wildman–Crippen MR) is 116 cm³/mol. The number of amides is 2. The summed E-state index contributed by atoms with van der Waals surface area (Å²) in [6.07, 6.45) is 1.82. The summed E-state index contributed by atoms with van der Waals surface area (Å²) in [6.45, 7) is 7.42. The van der Waals surface area contributed by atoms with Crippen molar-refractivity contribution in [3.8, 4) is 5.75 Å². The molecule has 2 aromatic carbocycles. The van der Waals surface area contributed by atoms with E-state index in [1.807, 2.05) is 24.0 Å². The number of aryl methyl sites for hydroxylation is 1. The summed E-state index contributed by atoms with van der Waals surface area (Å²) < 4.78 is 6.54. The van der Waals surface area contributed by atoms with Gasteiger partial charge in [-0.15, -0.1) is 0 Å². The van der Waals surface area contributed by atoms with Gasteiger partial charge in [0.2, 0.25) is 0 Å². The first kappa shape index (κ1) is 22.0. The molecule has 2 rings (SSSR count). The Labute approximate surface area is 175 Å². The molecule has 2 amide bonds. The van der Waals surface area contributed by atoms with Gasteiger partial charge in [-0.1, -0.05) is 35.8 Å². The van der Waals surface area contributed by atoms with Crippen molar-refractivity contribution < 1.29 is 14.3 Å². The SMILES string of the molecule is CCCN(CCC)C(=O)c1cccc(NC(=O)COc2ccc(Br)c(C)c2)c1. The van der Waals surface area contributed by atoms with E-state index in [0.717, 1.165) is 36.0 Å². The number of hydrogen-bond acceptors (Lipinski definition) is 3. The number of anilines is 1. The highest BCUT2D eigenvalue weighted by molar-refractivity contribution is 9.10. The highest BCUT2D eigenvalue weighted by Gasteiger charge is 2.15. The number of benzene rings is 2. The van der Waals surface area contributed by atoms with Gasteiger partial charge >= 0.3 is 0 Å². The fraction of sp³-hybridized carbons (Fsp3) is 0.364. The van der Waals surface area contributed by atoms with Crippen molar-refractivity contribution in [3.05, 3.63) is 58.1 Å². The second-order valence-electron chi connectivity index (χ2n) is 6.62. The van der Waals surface area contributed by atoms with Crippen LogP contribution in [0.5, 0.6) is 5.75 Å². The zero-order valence-electron chi connectivity index (χ0n) is 16.6. The fourth-order valence-corrected chi connectivity index (χ4v) is 3.07. The number of hydrogen-bond donors (Lipinski definition) is 1. The number of carbonyl (C=O) groups excluding carboxylic acids is 2. The lowest BCUT2D eigenvalue weighted by Crippen LogP contribution is -2.32. The first-order chi connectivity index (χ1) is 13.4. The fourth-order valence-electron chi connectivity index (χ4n) is 2.82.